The number of hydrogen-bond acceptors (Lipinski definition) is 5. The molecule has 0 aliphatic carbocycles. The Labute approximate surface area is 142 Å². The zero-order valence-electron chi connectivity index (χ0n) is 11.6. The molecule has 2 aromatic carbocycles. The molecule has 0 bridgehead atoms. The van der Waals surface area contributed by atoms with Crippen LogP contribution in [-0.4, -0.2) is 15.0 Å². The average molecular weight is 367 g/mol. The lowest BCUT2D eigenvalue weighted by molar-refractivity contribution is 0.517. The lowest BCUT2D eigenvalue weighted by Gasteiger charge is -2.11. The van der Waals surface area contributed by atoms with Gasteiger partial charge in [0.05, 0.1) is 37.3 Å². The summed E-state index contributed by atoms with van der Waals surface area (Å²) in [6.07, 6.45) is 1.15. The Morgan fingerprint density at radius 1 is 0.958 bits per heavy atom. The van der Waals surface area contributed by atoms with Crippen LogP contribution in [0.25, 0.3) is 21.1 Å². The maximum absolute atomic E-state index is 14.5. The summed E-state index contributed by atoms with van der Waals surface area (Å²) in [4.78, 5) is 11.8. The van der Waals surface area contributed by atoms with Crippen LogP contribution in [0.5, 0.6) is 0 Å². The second-order valence-corrected chi connectivity index (χ2v) is 6.12. The van der Waals surface area contributed by atoms with E-state index in [0.29, 0.717) is 10.2 Å². The molecule has 0 unspecified atom stereocenters. The number of fused-ring (bicyclic) bond motifs is 2. The molecule has 0 fully saturated rings. The SMILES string of the molecule is Fc1c(Cl)cc2ncnc(Nc3ccc4ncsc4c3F)c2c1F. The van der Waals surface area contributed by atoms with E-state index < -0.39 is 17.5 Å². The zero-order valence-corrected chi connectivity index (χ0v) is 13.2. The summed E-state index contributed by atoms with van der Waals surface area (Å²) in [5, 5.41) is 2.10. The number of benzene rings is 2. The van der Waals surface area contributed by atoms with Crippen LogP contribution in [0.4, 0.5) is 24.7 Å². The van der Waals surface area contributed by atoms with E-state index >= 15 is 0 Å². The van der Waals surface area contributed by atoms with Crippen molar-refractivity contribution in [1.29, 1.82) is 0 Å². The van der Waals surface area contributed by atoms with Crippen molar-refractivity contribution in [2.75, 3.05) is 5.32 Å². The van der Waals surface area contributed by atoms with Gasteiger partial charge in [0, 0.05) is 0 Å². The molecule has 4 rings (SSSR count). The van der Waals surface area contributed by atoms with Gasteiger partial charge in [-0.3, -0.25) is 0 Å². The average Bonchev–Trinajstić information content (AvgIpc) is 3.05. The molecular formula is C15H6ClF3N4S. The lowest BCUT2D eigenvalue weighted by Crippen LogP contribution is -2.01. The summed E-state index contributed by atoms with van der Waals surface area (Å²) >= 11 is 6.76. The molecule has 0 aliphatic heterocycles. The predicted molar refractivity (Wildman–Crippen MR) is 87.3 cm³/mol. The molecule has 24 heavy (non-hydrogen) atoms. The number of nitrogens with zero attached hydrogens (tertiary/aromatic N) is 3. The van der Waals surface area contributed by atoms with Gasteiger partial charge >= 0.3 is 0 Å². The number of nitrogens with one attached hydrogen (secondary N) is 1. The second kappa shape index (κ2) is 5.57. The number of halogens is 4. The van der Waals surface area contributed by atoms with E-state index in [9.17, 15) is 13.2 Å². The first-order valence-corrected chi connectivity index (χ1v) is 7.89. The van der Waals surface area contributed by atoms with E-state index in [2.05, 4.69) is 20.3 Å². The summed E-state index contributed by atoms with van der Waals surface area (Å²) in [6.45, 7) is 0. The number of anilines is 2. The van der Waals surface area contributed by atoms with Crippen LogP contribution < -0.4 is 5.32 Å². The Hall–Kier alpha value is -2.45. The lowest BCUT2D eigenvalue weighted by atomic mass is 10.2. The highest BCUT2D eigenvalue weighted by atomic mass is 35.5. The van der Waals surface area contributed by atoms with Crippen molar-refractivity contribution < 1.29 is 13.2 Å². The summed E-state index contributed by atoms with van der Waals surface area (Å²) in [6, 6.07) is 4.26. The third-order valence-corrected chi connectivity index (χ3v) is 4.56. The van der Waals surface area contributed by atoms with Crippen molar-refractivity contribution in [1.82, 2.24) is 15.0 Å². The van der Waals surface area contributed by atoms with E-state index in [1.165, 1.54) is 17.6 Å². The molecule has 0 spiro atoms. The molecule has 2 heterocycles. The van der Waals surface area contributed by atoms with Crippen LogP contribution in [0.15, 0.2) is 30.0 Å². The maximum atomic E-state index is 14.5. The third kappa shape index (κ3) is 2.26. The first kappa shape index (κ1) is 15.1. The summed E-state index contributed by atoms with van der Waals surface area (Å²) in [5.41, 5.74) is 2.21. The molecule has 0 saturated carbocycles. The van der Waals surface area contributed by atoms with E-state index in [-0.39, 0.29) is 27.4 Å². The molecule has 4 aromatic rings. The van der Waals surface area contributed by atoms with Crippen molar-refractivity contribution in [3.05, 3.63) is 52.5 Å². The van der Waals surface area contributed by atoms with Gasteiger partial charge in [-0.05, 0) is 18.2 Å². The van der Waals surface area contributed by atoms with Crippen molar-refractivity contribution >= 4 is 55.6 Å². The quantitative estimate of drug-likeness (QED) is 0.504. The topological polar surface area (TPSA) is 50.7 Å². The first-order valence-electron chi connectivity index (χ1n) is 6.63. The highest BCUT2D eigenvalue weighted by Gasteiger charge is 2.18. The fourth-order valence-electron chi connectivity index (χ4n) is 2.34. The minimum Gasteiger partial charge on any atom is -0.337 e. The molecule has 0 saturated heterocycles. The van der Waals surface area contributed by atoms with Crippen molar-refractivity contribution in [3.63, 3.8) is 0 Å². The Kier molecular flexibility index (Phi) is 3.50. The Balaban J connectivity index is 1.90. The van der Waals surface area contributed by atoms with E-state index in [1.807, 2.05) is 0 Å². The van der Waals surface area contributed by atoms with Crippen molar-refractivity contribution in [2.45, 2.75) is 0 Å². The molecule has 0 aliphatic rings. The number of hydrogen-bond donors (Lipinski definition) is 1. The summed E-state index contributed by atoms with van der Waals surface area (Å²) < 4.78 is 42.9. The predicted octanol–water partition coefficient (Wildman–Crippen LogP) is 5.05. The van der Waals surface area contributed by atoms with Gasteiger partial charge in [-0.2, -0.15) is 0 Å². The van der Waals surface area contributed by atoms with Crippen LogP contribution in [0.2, 0.25) is 5.02 Å². The smallest absolute Gasteiger partial charge is 0.178 e. The third-order valence-electron chi connectivity index (χ3n) is 3.45. The van der Waals surface area contributed by atoms with Crippen LogP contribution in [-0.2, 0) is 0 Å². The molecule has 4 nitrogen and oxygen atoms in total. The Morgan fingerprint density at radius 2 is 1.79 bits per heavy atom. The Bertz CT molecular complexity index is 1100. The molecule has 120 valence electrons. The minimum absolute atomic E-state index is 0.0594. The fraction of sp³-hybridized carbons (Fsp3) is 0. The molecule has 9 heteroatoms. The van der Waals surface area contributed by atoms with E-state index in [4.69, 9.17) is 11.6 Å². The van der Waals surface area contributed by atoms with Gasteiger partial charge < -0.3 is 5.32 Å². The molecular weight excluding hydrogens is 361 g/mol. The van der Waals surface area contributed by atoms with Gasteiger partial charge in [0.25, 0.3) is 0 Å². The second-order valence-electron chi connectivity index (χ2n) is 4.86. The van der Waals surface area contributed by atoms with Crippen molar-refractivity contribution in [2.24, 2.45) is 0 Å². The van der Waals surface area contributed by atoms with Crippen LogP contribution in [0.3, 0.4) is 0 Å². The number of thiazole rings is 1. The van der Waals surface area contributed by atoms with Crippen LogP contribution in [0, 0.1) is 17.5 Å². The largest absolute Gasteiger partial charge is 0.337 e. The van der Waals surface area contributed by atoms with Gasteiger partial charge in [0.2, 0.25) is 0 Å². The summed E-state index contributed by atoms with van der Waals surface area (Å²) in [5.74, 6) is -3.01. The monoisotopic (exact) mass is 366 g/mol. The first-order chi connectivity index (χ1) is 11.6. The molecule has 0 radical (unpaired) electrons. The van der Waals surface area contributed by atoms with Gasteiger partial charge in [0.15, 0.2) is 17.5 Å². The molecule has 0 amide bonds. The van der Waals surface area contributed by atoms with Crippen LogP contribution in [0.1, 0.15) is 0 Å². The Morgan fingerprint density at radius 3 is 2.62 bits per heavy atom. The van der Waals surface area contributed by atoms with Crippen LogP contribution >= 0.6 is 22.9 Å². The zero-order chi connectivity index (χ0) is 16.8. The minimum atomic E-state index is -1.21. The molecule has 2 aromatic heterocycles. The highest BCUT2D eigenvalue weighted by Crippen LogP contribution is 2.33. The van der Waals surface area contributed by atoms with Gasteiger partial charge in [-0.1, -0.05) is 11.6 Å². The van der Waals surface area contributed by atoms with Crippen molar-refractivity contribution in [3.8, 4) is 0 Å². The summed E-state index contributed by atoms with van der Waals surface area (Å²) in [7, 11) is 0. The van der Waals surface area contributed by atoms with E-state index in [1.54, 1.807) is 6.07 Å². The number of rotatable bonds is 2. The normalized spacial score (nSPS) is 11.3. The highest BCUT2D eigenvalue weighted by molar-refractivity contribution is 7.16. The molecule has 0 atom stereocenters. The number of aromatic nitrogens is 3. The van der Waals surface area contributed by atoms with Gasteiger partial charge in [0.1, 0.15) is 12.1 Å². The van der Waals surface area contributed by atoms with E-state index in [0.717, 1.165) is 17.7 Å². The van der Waals surface area contributed by atoms with Gasteiger partial charge in [-0.25, -0.2) is 28.1 Å². The van der Waals surface area contributed by atoms with Gasteiger partial charge in [-0.15, -0.1) is 11.3 Å². The fourth-order valence-corrected chi connectivity index (χ4v) is 3.25. The molecule has 1 N–H and O–H groups in total. The maximum Gasteiger partial charge on any atom is 0.178 e. The standard InChI is InChI=1S/C15H6ClF3N4S/c16-6-3-9-10(13(19)11(6)17)15(21-4-20-9)23-7-1-2-8-14(12(7)18)24-5-22-8/h1-5H,(H,20,21,23).